The molecule has 0 saturated heterocycles. The summed E-state index contributed by atoms with van der Waals surface area (Å²) in [5.41, 5.74) is 1.42. The molecule has 1 aromatic carbocycles. The zero-order valence-corrected chi connectivity index (χ0v) is 13.0. The lowest BCUT2D eigenvalue weighted by molar-refractivity contribution is 0.0826. The van der Waals surface area contributed by atoms with Gasteiger partial charge < -0.3 is 10.4 Å². The first-order chi connectivity index (χ1) is 11.0. The fourth-order valence-corrected chi connectivity index (χ4v) is 3.11. The first kappa shape index (κ1) is 15.7. The van der Waals surface area contributed by atoms with Crippen molar-refractivity contribution in [3.8, 4) is 11.3 Å². The van der Waals surface area contributed by atoms with E-state index in [4.69, 9.17) is 0 Å². The van der Waals surface area contributed by atoms with Gasteiger partial charge in [0.25, 0.3) is 5.91 Å². The monoisotopic (exact) mass is 317 g/mol. The number of aromatic nitrogens is 2. The molecule has 3 N–H and O–H groups in total. The van der Waals surface area contributed by atoms with Gasteiger partial charge in [0, 0.05) is 17.0 Å². The molecule has 2 atom stereocenters. The summed E-state index contributed by atoms with van der Waals surface area (Å²) in [6, 6.07) is 7.55. The van der Waals surface area contributed by atoms with Crippen molar-refractivity contribution in [2.75, 3.05) is 6.61 Å². The van der Waals surface area contributed by atoms with Gasteiger partial charge in [-0.3, -0.25) is 9.89 Å². The summed E-state index contributed by atoms with van der Waals surface area (Å²) in [5, 5.41) is 19.4. The van der Waals surface area contributed by atoms with E-state index in [-0.39, 0.29) is 29.8 Å². The molecule has 3 rings (SSSR count). The Hall–Kier alpha value is -2.21. The predicted octanol–water partition coefficient (Wildman–Crippen LogP) is 2.50. The first-order valence-corrected chi connectivity index (χ1v) is 7.75. The van der Waals surface area contributed by atoms with Gasteiger partial charge in [-0.05, 0) is 43.2 Å². The van der Waals surface area contributed by atoms with E-state index in [0.29, 0.717) is 11.4 Å². The summed E-state index contributed by atoms with van der Waals surface area (Å²) in [6.07, 6.45) is 2.76. The topological polar surface area (TPSA) is 78.0 Å². The molecule has 1 aliphatic carbocycles. The van der Waals surface area contributed by atoms with Crippen LogP contribution in [-0.2, 0) is 0 Å². The second kappa shape index (κ2) is 6.12. The number of hydrogen-bond donors (Lipinski definition) is 3. The third kappa shape index (κ3) is 3.12. The summed E-state index contributed by atoms with van der Waals surface area (Å²) in [4.78, 5) is 12.4. The molecule has 1 aliphatic rings. The van der Waals surface area contributed by atoms with E-state index in [1.807, 2.05) is 6.92 Å². The maximum absolute atomic E-state index is 13.0. The number of carbonyl (C=O) groups is 1. The van der Waals surface area contributed by atoms with E-state index in [9.17, 15) is 14.3 Å². The van der Waals surface area contributed by atoms with Gasteiger partial charge in [-0.1, -0.05) is 13.3 Å². The normalized spacial score (nSPS) is 23.9. The van der Waals surface area contributed by atoms with Crippen molar-refractivity contribution in [1.29, 1.82) is 0 Å². The van der Waals surface area contributed by atoms with Crippen LogP contribution in [0.15, 0.2) is 30.3 Å². The zero-order chi connectivity index (χ0) is 16.4. The molecule has 5 nitrogen and oxygen atoms in total. The Balaban J connectivity index is 1.73. The summed E-state index contributed by atoms with van der Waals surface area (Å²) in [6.45, 7) is 2.05. The van der Waals surface area contributed by atoms with Gasteiger partial charge in [0.05, 0.1) is 12.3 Å². The highest BCUT2D eigenvalue weighted by Gasteiger charge is 2.39. The lowest BCUT2D eigenvalue weighted by Crippen LogP contribution is -2.44. The second-order valence-electron chi connectivity index (χ2n) is 6.40. The number of benzene rings is 1. The summed E-state index contributed by atoms with van der Waals surface area (Å²) >= 11 is 0. The molecular weight excluding hydrogens is 297 g/mol. The third-order valence-corrected chi connectivity index (χ3v) is 4.71. The smallest absolute Gasteiger partial charge is 0.269 e. The Morgan fingerprint density at radius 3 is 2.91 bits per heavy atom. The average Bonchev–Trinajstić information content (AvgIpc) is 3.16. The van der Waals surface area contributed by atoms with Gasteiger partial charge in [-0.15, -0.1) is 0 Å². The molecule has 0 spiro atoms. The summed E-state index contributed by atoms with van der Waals surface area (Å²) in [5.74, 6) is -0.552. The maximum Gasteiger partial charge on any atom is 0.269 e. The SMILES string of the molecule is CC1(CO)CCCC1NC(=O)c1cc(-c2ccc(F)cc2)n[nH]1. The van der Waals surface area contributed by atoms with Gasteiger partial charge >= 0.3 is 0 Å². The Labute approximate surface area is 133 Å². The van der Waals surface area contributed by atoms with Gasteiger partial charge in [0.15, 0.2) is 0 Å². The largest absolute Gasteiger partial charge is 0.396 e. The summed E-state index contributed by atoms with van der Waals surface area (Å²) < 4.78 is 13.0. The molecule has 23 heavy (non-hydrogen) atoms. The molecule has 6 heteroatoms. The van der Waals surface area contributed by atoms with Crippen molar-refractivity contribution in [2.45, 2.75) is 32.2 Å². The molecule has 1 aromatic heterocycles. The van der Waals surface area contributed by atoms with Crippen LogP contribution in [0.4, 0.5) is 4.39 Å². The van der Waals surface area contributed by atoms with E-state index in [1.54, 1.807) is 18.2 Å². The van der Waals surface area contributed by atoms with Crippen LogP contribution in [0, 0.1) is 11.2 Å². The number of halogens is 1. The minimum absolute atomic E-state index is 0.0439. The van der Waals surface area contributed by atoms with Crippen LogP contribution in [0.1, 0.15) is 36.7 Å². The Morgan fingerprint density at radius 1 is 1.48 bits per heavy atom. The molecule has 0 bridgehead atoms. The second-order valence-corrected chi connectivity index (χ2v) is 6.40. The molecule has 1 heterocycles. The lowest BCUT2D eigenvalue weighted by Gasteiger charge is -2.29. The van der Waals surface area contributed by atoms with Gasteiger partial charge in [-0.2, -0.15) is 5.10 Å². The van der Waals surface area contributed by atoms with Crippen LogP contribution in [0.2, 0.25) is 0 Å². The van der Waals surface area contributed by atoms with Gasteiger partial charge in [0.1, 0.15) is 11.5 Å². The predicted molar refractivity (Wildman–Crippen MR) is 84.3 cm³/mol. The Bertz CT molecular complexity index is 698. The van der Waals surface area contributed by atoms with Crippen molar-refractivity contribution in [1.82, 2.24) is 15.5 Å². The molecule has 1 saturated carbocycles. The highest BCUT2D eigenvalue weighted by Crippen LogP contribution is 2.37. The van der Waals surface area contributed by atoms with Crippen LogP contribution < -0.4 is 5.32 Å². The van der Waals surface area contributed by atoms with Crippen molar-refractivity contribution >= 4 is 5.91 Å². The molecule has 122 valence electrons. The van der Waals surface area contributed by atoms with Crippen LogP contribution in [0.25, 0.3) is 11.3 Å². The van der Waals surface area contributed by atoms with Gasteiger partial charge in [-0.25, -0.2) is 4.39 Å². The van der Waals surface area contributed by atoms with E-state index in [1.165, 1.54) is 12.1 Å². The zero-order valence-electron chi connectivity index (χ0n) is 13.0. The number of H-pyrrole nitrogens is 1. The molecule has 0 radical (unpaired) electrons. The molecule has 1 fully saturated rings. The fraction of sp³-hybridized carbons (Fsp3) is 0.412. The number of nitrogens with zero attached hydrogens (tertiary/aromatic N) is 1. The maximum atomic E-state index is 13.0. The fourth-order valence-electron chi connectivity index (χ4n) is 3.11. The molecular formula is C17H20FN3O2. The number of aliphatic hydroxyl groups excluding tert-OH is 1. The number of nitrogens with one attached hydrogen (secondary N) is 2. The lowest BCUT2D eigenvalue weighted by atomic mass is 9.86. The molecule has 2 aromatic rings. The summed E-state index contributed by atoms with van der Waals surface area (Å²) in [7, 11) is 0. The number of aromatic amines is 1. The molecule has 2 unspecified atom stereocenters. The number of rotatable bonds is 4. The first-order valence-electron chi connectivity index (χ1n) is 7.75. The van der Waals surface area contributed by atoms with Crippen molar-refractivity contribution in [3.05, 3.63) is 41.8 Å². The van der Waals surface area contributed by atoms with Crippen molar-refractivity contribution < 1.29 is 14.3 Å². The van der Waals surface area contributed by atoms with Crippen molar-refractivity contribution in [3.63, 3.8) is 0 Å². The standard InChI is InChI=1S/C17H20FN3O2/c1-17(10-22)8-2-3-15(17)19-16(23)14-9-13(20-21-14)11-4-6-12(18)7-5-11/h4-7,9,15,22H,2-3,8,10H2,1H3,(H,19,23)(H,20,21). The quantitative estimate of drug-likeness (QED) is 0.811. The highest BCUT2D eigenvalue weighted by atomic mass is 19.1. The molecule has 0 aliphatic heterocycles. The van der Waals surface area contributed by atoms with E-state index >= 15 is 0 Å². The molecule has 1 amide bonds. The minimum Gasteiger partial charge on any atom is -0.396 e. The van der Waals surface area contributed by atoms with Crippen LogP contribution in [0.3, 0.4) is 0 Å². The average molecular weight is 317 g/mol. The van der Waals surface area contributed by atoms with Crippen LogP contribution in [-0.4, -0.2) is 33.9 Å². The van der Waals surface area contributed by atoms with E-state index < -0.39 is 0 Å². The van der Waals surface area contributed by atoms with Crippen LogP contribution >= 0.6 is 0 Å². The number of hydrogen-bond acceptors (Lipinski definition) is 3. The Kier molecular flexibility index (Phi) is 4.17. The van der Waals surface area contributed by atoms with E-state index in [0.717, 1.165) is 24.8 Å². The number of amides is 1. The van der Waals surface area contributed by atoms with Crippen LogP contribution in [0.5, 0.6) is 0 Å². The van der Waals surface area contributed by atoms with Gasteiger partial charge in [0.2, 0.25) is 0 Å². The van der Waals surface area contributed by atoms with Crippen molar-refractivity contribution in [2.24, 2.45) is 5.41 Å². The highest BCUT2D eigenvalue weighted by molar-refractivity contribution is 5.93. The third-order valence-electron chi connectivity index (χ3n) is 4.71. The Morgan fingerprint density at radius 2 is 2.22 bits per heavy atom. The van der Waals surface area contributed by atoms with E-state index in [2.05, 4.69) is 15.5 Å². The number of carbonyl (C=O) groups excluding carboxylic acids is 1. The number of aliphatic hydroxyl groups is 1. The minimum atomic E-state index is -0.313.